The zero-order chi connectivity index (χ0) is 8.39. The van der Waals surface area contributed by atoms with E-state index in [4.69, 9.17) is 5.73 Å². The normalized spacial score (nSPS) is 10.0. The Labute approximate surface area is 68.7 Å². The molecule has 0 fully saturated rings. The van der Waals surface area contributed by atoms with E-state index in [1.807, 2.05) is 0 Å². The van der Waals surface area contributed by atoms with Crippen LogP contribution in [-0.4, -0.2) is 20.2 Å². The topological polar surface area (TPSA) is 80.5 Å². The van der Waals surface area contributed by atoms with Crippen LogP contribution in [0.15, 0.2) is 24.8 Å². The second kappa shape index (κ2) is 2.61. The molecule has 5 nitrogen and oxygen atoms in total. The number of hydrogen-bond donors (Lipinski definition) is 2. The van der Waals surface area contributed by atoms with Gasteiger partial charge in [-0.1, -0.05) is 0 Å². The van der Waals surface area contributed by atoms with Crippen LogP contribution in [0.3, 0.4) is 0 Å². The average Bonchev–Trinajstić information content (AvgIpc) is 2.58. The van der Waals surface area contributed by atoms with Crippen molar-refractivity contribution in [2.24, 2.45) is 0 Å². The average molecular weight is 161 g/mol. The van der Waals surface area contributed by atoms with E-state index in [2.05, 4.69) is 20.2 Å². The van der Waals surface area contributed by atoms with Crippen LogP contribution in [0.2, 0.25) is 0 Å². The van der Waals surface area contributed by atoms with E-state index in [0.717, 1.165) is 11.1 Å². The quantitative estimate of drug-likeness (QED) is 0.636. The predicted octanol–water partition coefficient (Wildman–Crippen LogP) is 0.449. The molecule has 5 heteroatoms. The standard InChI is InChI=1S/C7H7N5/c8-7-9-1-5(2-10-7)6-3-11-12-4-6/h1-4H,(H,11,12)(H2,8,9,10). The van der Waals surface area contributed by atoms with E-state index in [1.54, 1.807) is 24.8 Å². The molecule has 2 heterocycles. The number of nitrogen functional groups attached to an aromatic ring is 1. The summed E-state index contributed by atoms with van der Waals surface area (Å²) in [6, 6.07) is 0. The van der Waals surface area contributed by atoms with Gasteiger partial charge in [0.15, 0.2) is 0 Å². The summed E-state index contributed by atoms with van der Waals surface area (Å²) in [6.45, 7) is 0. The molecule has 2 rings (SSSR count). The molecule has 0 saturated carbocycles. The van der Waals surface area contributed by atoms with Crippen LogP contribution in [0.4, 0.5) is 5.95 Å². The third kappa shape index (κ3) is 1.12. The Morgan fingerprint density at radius 1 is 1.08 bits per heavy atom. The Balaban J connectivity index is 2.43. The summed E-state index contributed by atoms with van der Waals surface area (Å²) >= 11 is 0. The molecule has 3 N–H and O–H groups in total. The van der Waals surface area contributed by atoms with Gasteiger partial charge in [0.05, 0.1) is 6.20 Å². The van der Waals surface area contributed by atoms with E-state index >= 15 is 0 Å². The van der Waals surface area contributed by atoms with Crippen LogP contribution >= 0.6 is 0 Å². The Hall–Kier alpha value is -1.91. The Kier molecular flexibility index (Phi) is 1.48. The first-order valence-corrected chi connectivity index (χ1v) is 3.43. The molecule has 2 aromatic heterocycles. The number of H-pyrrole nitrogens is 1. The molecule has 12 heavy (non-hydrogen) atoms. The highest BCUT2D eigenvalue weighted by Crippen LogP contribution is 2.14. The molecular weight excluding hydrogens is 154 g/mol. The maximum Gasteiger partial charge on any atom is 0.219 e. The van der Waals surface area contributed by atoms with Crippen molar-refractivity contribution in [2.45, 2.75) is 0 Å². The van der Waals surface area contributed by atoms with Gasteiger partial charge in [-0.15, -0.1) is 0 Å². The lowest BCUT2D eigenvalue weighted by atomic mass is 10.2. The third-order valence-electron chi connectivity index (χ3n) is 1.50. The van der Waals surface area contributed by atoms with Crippen molar-refractivity contribution in [3.63, 3.8) is 0 Å². The van der Waals surface area contributed by atoms with Gasteiger partial charge in [0, 0.05) is 29.7 Å². The van der Waals surface area contributed by atoms with Crippen molar-refractivity contribution in [2.75, 3.05) is 5.73 Å². The zero-order valence-electron chi connectivity index (χ0n) is 6.23. The number of nitrogens with zero attached hydrogens (tertiary/aromatic N) is 3. The highest BCUT2D eigenvalue weighted by Gasteiger charge is 1.98. The van der Waals surface area contributed by atoms with Gasteiger partial charge in [-0.3, -0.25) is 5.10 Å². The number of nitrogens with one attached hydrogen (secondary N) is 1. The van der Waals surface area contributed by atoms with Gasteiger partial charge in [0.1, 0.15) is 0 Å². The minimum Gasteiger partial charge on any atom is -0.368 e. The van der Waals surface area contributed by atoms with Crippen LogP contribution in [0, 0.1) is 0 Å². The van der Waals surface area contributed by atoms with Gasteiger partial charge in [-0.25, -0.2) is 9.97 Å². The lowest BCUT2D eigenvalue weighted by molar-refractivity contribution is 1.09. The van der Waals surface area contributed by atoms with Crippen molar-refractivity contribution in [3.05, 3.63) is 24.8 Å². The van der Waals surface area contributed by atoms with Gasteiger partial charge in [-0.05, 0) is 0 Å². The molecule has 0 amide bonds. The van der Waals surface area contributed by atoms with E-state index < -0.39 is 0 Å². The molecule has 0 spiro atoms. The number of nitrogens with two attached hydrogens (primary N) is 1. The van der Waals surface area contributed by atoms with Crippen LogP contribution in [-0.2, 0) is 0 Å². The first kappa shape index (κ1) is 6.78. The largest absolute Gasteiger partial charge is 0.368 e. The molecule has 0 aliphatic rings. The summed E-state index contributed by atoms with van der Waals surface area (Å²) in [6.07, 6.45) is 6.80. The number of aromatic nitrogens is 4. The maximum absolute atomic E-state index is 5.33. The molecule has 0 saturated heterocycles. The van der Waals surface area contributed by atoms with Crippen LogP contribution < -0.4 is 5.73 Å². The van der Waals surface area contributed by atoms with Crippen molar-refractivity contribution < 1.29 is 0 Å². The molecule has 0 aliphatic heterocycles. The Morgan fingerprint density at radius 2 is 1.83 bits per heavy atom. The minimum atomic E-state index is 0.280. The highest BCUT2D eigenvalue weighted by atomic mass is 15.1. The smallest absolute Gasteiger partial charge is 0.219 e. The summed E-state index contributed by atoms with van der Waals surface area (Å²) in [5.41, 5.74) is 7.19. The molecule has 0 bridgehead atoms. The zero-order valence-corrected chi connectivity index (χ0v) is 6.23. The number of rotatable bonds is 1. The van der Waals surface area contributed by atoms with Crippen molar-refractivity contribution in [3.8, 4) is 11.1 Å². The predicted molar refractivity (Wildman–Crippen MR) is 44.0 cm³/mol. The van der Waals surface area contributed by atoms with Gasteiger partial charge >= 0.3 is 0 Å². The number of anilines is 1. The summed E-state index contributed by atoms with van der Waals surface area (Å²) in [5.74, 6) is 0.280. The SMILES string of the molecule is Nc1ncc(-c2cn[nH]c2)cn1. The summed E-state index contributed by atoms with van der Waals surface area (Å²) < 4.78 is 0. The monoisotopic (exact) mass is 161 g/mol. The van der Waals surface area contributed by atoms with E-state index in [-0.39, 0.29) is 5.95 Å². The van der Waals surface area contributed by atoms with E-state index in [0.29, 0.717) is 0 Å². The van der Waals surface area contributed by atoms with Crippen molar-refractivity contribution >= 4 is 5.95 Å². The van der Waals surface area contributed by atoms with Crippen LogP contribution in [0.1, 0.15) is 0 Å². The highest BCUT2D eigenvalue weighted by molar-refractivity contribution is 5.59. The summed E-state index contributed by atoms with van der Waals surface area (Å²) in [4.78, 5) is 7.72. The molecule has 0 aromatic carbocycles. The molecule has 60 valence electrons. The Morgan fingerprint density at radius 3 is 2.42 bits per heavy atom. The second-order valence-electron chi connectivity index (χ2n) is 2.32. The van der Waals surface area contributed by atoms with E-state index in [9.17, 15) is 0 Å². The fraction of sp³-hybridized carbons (Fsp3) is 0. The van der Waals surface area contributed by atoms with Crippen molar-refractivity contribution in [1.82, 2.24) is 20.2 Å². The van der Waals surface area contributed by atoms with Gasteiger partial charge in [0.2, 0.25) is 5.95 Å². The second-order valence-corrected chi connectivity index (χ2v) is 2.32. The molecule has 0 atom stereocenters. The van der Waals surface area contributed by atoms with E-state index in [1.165, 1.54) is 0 Å². The van der Waals surface area contributed by atoms with Crippen LogP contribution in [0.25, 0.3) is 11.1 Å². The Bertz CT molecular complexity index is 350. The lowest BCUT2D eigenvalue weighted by Crippen LogP contribution is -1.92. The van der Waals surface area contributed by atoms with Crippen molar-refractivity contribution in [1.29, 1.82) is 0 Å². The van der Waals surface area contributed by atoms with Gasteiger partial charge in [0.25, 0.3) is 0 Å². The first-order valence-electron chi connectivity index (χ1n) is 3.43. The molecule has 0 unspecified atom stereocenters. The fourth-order valence-corrected chi connectivity index (χ4v) is 0.896. The van der Waals surface area contributed by atoms with Crippen LogP contribution in [0.5, 0.6) is 0 Å². The molecular formula is C7H7N5. The maximum atomic E-state index is 5.33. The summed E-state index contributed by atoms with van der Waals surface area (Å²) in [7, 11) is 0. The molecule has 2 aromatic rings. The molecule has 0 radical (unpaired) electrons. The molecule has 0 aliphatic carbocycles. The first-order chi connectivity index (χ1) is 5.86. The lowest BCUT2D eigenvalue weighted by Gasteiger charge is -1.94. The minimum absolute atomic E-state index is 0.280. The number of aromatic amines is 1. The van der Waals surface area contributed by atoms with Gasteiger partial charge in [-0.2, -0.15) is 5.10 Å². The summed E-state index contributed by atoms with van der Waals surface area (Å²) in [5, 5.41) is 6.52. The van der Waals surface area contributed by atoms with Gasteiger partial charge < -0.3 is 5.73 Å². The fourth-order valence-electron chi connectivity index (χ4n) is 0.896. The number of hydrogen-bond acceptors (Lipinski definition) is 4. The third-order valence-corrected chi connectivity index (χ3v) is 1.50.